The van der Waals surface area contributed by atoms with Crippen LogP contribution in [0.15, 0.2) is 23.8 Å². The number of aliphatic hydroxyl groups is 9. The number of rotatable bonds is 8. The lowest BCUT2D eigenvalue weighted by Gasteiger charge is -2.59. The first kappa shape index (κ1) is 36.1. The van der Waals surface area contributed by atoms with Crippen LogP contribution >= 0.6 is 0 Å². The fraction of sp³-hybridized carbons (Fsp3) is 0.818. The molecule has 17 unspecified atom stereocenters. The molecule has 4 aliphatic carbocycles. The highest BCUT2D eigenvalue weighted by molar-refractivity contribution is 6.01. The molecule has 2 heterocycles. The normalized spacial score (nSPS) is 51.9. The molecule has 3 saturated carbocycles. The Labute approximate surface area is 277 Å². The summed E-state index contributed by atoms with van der Waals surface area (Å²) < 4.78 is 21.6. The van der Waals surface area contributed by atoms with E-state index in [1.54, 1.807) is 12.2 Å². The molecule has 15 nitrogen and oxygen atoms in total. The van der Waals surface area contributed by atoms with Gasteiger partial charge in [0.1, 0.15) is 42.7 Å². The summed E-state index contributed by atoms with van der Waals surface area (Å²) in [6.07, 6.45) is -8.72. The molecule has 0 radical (unpaired) electrons. The van der Waals surface area contributed by atoms with Crippen molar-refractivity contribution in [3.05, 3.63) is 23.8 Å². The average molecular weight is 685 g/mol. The van der Waals surface area contributed by atoms with Gasteiger partial charge in [0.15, 0.2) is 30.4 Å². The van der Waals surface area contributed by atoms with Gasteiger partial charge in [-0.1, -0.05) is 25.5 Å². The molecular weight excluding hydrogens is 636 g/mol. The van der Waals surface area contributed by atoms with E-state index in [1.165, 1.54) is 0 Å². The number of ketones is 2. The lowest BCUT2D eigenvalue weighted by atomic mass is 9.46. The second-order valence-electron chi connectivity index (χ2n) is 14.9. The lowest BCUT2D eigenvalue weighted by molar-refractivity contribution is -0.371. The Morgan fingerprint density at radius 2 is 1.69 bits per heavy atom. The lowest BCUT2D eigenvalue weighted by Crippen LogP contribution is -2.63. The van der Waals surface area contributed by atoms with Crippen LogP contribution in [0.25, 0.3) is 0 Å². The Morgan fingerprint density at radius 3 is 2.40 bits per heavy atom. The van der Waals surface area contributed by atoms with Crippen molar-refractivity contribution in [2.45, 2.75) is 113 Å². The summed E-state index contributed by atoms with van der Waals surface area (Å²) in [5.41, 5.74) is -2.25. The number of aliphatic hydroxyl groups excluding tert-OH is 8. The molecule has 0 aromatic heterocycles. The third-order valence-corrected chi connectivity index (χ3v) is 12.5. The average Bonchev–Trinajstić information content (AvgIpc) is 3.31. The molecule has 270 valence electrons. The third-order valence-electron chi connectivity index (χ3n) is 12.5. The minimum Gasteiger partial charge on any atom is -0.396 e. The van der Waals surface area contributed by atoms with Gasteiger partial charge in [-0.25, -0.2) is 0 Å². The van der Waals surface area contributed by atoms with Crippen LogP contribution in [0.2, 0.25) is 0 Å². The Balaban J connectivity index is 1.10. The highest BCUT2D eigenvalue weighted by Gasteiger charge is 2.68. The van der Waals surface area contributed by atoms with Crippen LogP contribution in [0.1, 0.15) is 46.0 Å². The third kappa shape index (κ3) is 5.64. The van der Waals surface area contributed by atoms with Gasteiger partial charge in [0.2, 0.25) is 0 Å². The van der Waals surface area contributed by atoms with Gasteiger partial charge in [-0.3, -0.25) is 9.59 Å². The molecule has 48 heavy (non-hydrogen) atoms. The molecule has 0 aromatic carbocycles. The van der Waals surface area contributed by atoms with Gasteiger partial charge in [0.25, 0.3) is 0 Å². The van der Waals surface area contributed by atoms with E-state index in [4.69, 9.17) is 18.9 Å². The molecule has 0 aromatic rings. The first-order valence-corrected chi connectivity index (χ1v) is 16.7. The first-order valence-electron chi connectivity index (χ1n) is 16.7. The number of carbonyl (C=O) groups excluding carboxylic acids is 2. The van der Waals surface area contributed by atoms with Gasteiger partial charge in [0, 0.05) is 16.7 Å². The van der Waals surface area contributed by atoms with Crippen molar-refractivity contribution in [2.24, 2.45) is 34.5 Å². The van der Waals surface area contributed by atoms with Crippen LogP contribution in [-0.4, -0.2) is 145 Å². The molecule has 0 bridgehead atoms. The molecule has 0 amide bonds. The van der Waals surface area contributed by atoms with Crippen LogP contribution in [0, 0.1) is 34.5 Å². The summed E-state index contributed by atoms with van der Waals surface area (Å²) >= 11 is 0. The Morgan fingerprint density at radius 1 is 0.979 bits per heavy atom. The summed E-state index contributed by atoms with van der Waals surface area (Å²) in [6, 6.07) is 0. The summed E-state index contributed by atoms with van der Waals surface area (Å²) in [7, 11) is 0. The second-order valence-corrected chi connectivity index (χ2v) is 14.9. The molecule has 2 saturated heterocycles. The van der Waals surface area contributed by atoms with E-state index in [-0.39, 0.29) is 36.4 Å². The number of ether oxygens (including phenoxy) is 4. The molecule has 2 aliphatic heterocycles. The van der Waals surface area contributed by atoms with E-state index < -0.39 is 110 Å². The van der Waals surface area contributed by atoms with E-state index in [9.17, 15) is 55.5 Å². The van der Waals surface area contributed by atoms with Crippen molar-refractivity contribution in [1.29, 1.82) is 0 Å². The zero-order chi connectivity index (χ0) is 34.9. The molecule has 17 atom stereocenters. The van der Waals surface area contributed by atoms with E-state index in [2.05, 4.69) is 0 Å². The maximum Gasteiger partial charge on any atom is 0.190 e. The zero-order valence-corrected chi connectivity index (χ0v) is 26.9. The molecule has 0 spiro atoms. The van der Waals surface area contributed by atoms with Gasteiger partial charge in [-0.15, -0.1) is 0 Å². The molecule has 6 rings (SSSR count). The van der Waals surface area contributed by atoms with Crippen LogP contribution in [-0.2, 0) is 28.5 Å². The van der Waals surface area contributed by atoms with Crippen LogP contribution in [0.4, 0.5) is 0 Å². The number of fused-ring (bicyclic) bond motifs is 5. The summed E-state index contributed by atoms with van der Waals surface area (Å²) in [5, 5.41) is 95.1. The number of Topliss-reactive ketones (excluding diaryl/α,β-unsaturated/α-hetero) is 1. The van der Waals surface area contributed by atoms with Crippen LogP contribution < -0.4 is 0 Å². The zero-order valence-electron chi connectivity index (χ0n) is 26.9. The highest BCUT2D eigenvalue weighted by Crippen LogP contribution is 2.67. The summed E-state index contributed by atoms with van der Waals surface area (Å²) in [6.45, 7) is 2.08. The van der Waals surface area contributed by atoms with E-state index in [0.29, 0.717) is 12.8 Å². The second kappa shape index (κ2) is 13.1. The first-order chi connectivity index (χ1) is 22.6. The van der Waals surface area contributed by atoms with Gasteiger partial charge in [-0.2, -0.15) is 0 Å². The quantitative estimate of drug-likeness (QED) is 0.127. The standard InChI is InChI=1S/C33H48O15/c1-31-7-5-15(35)9-14(31)3-4-16-18-6-8-33(44,32(18,2)10-19(36)22(16)31)21(37)13-45-12-20-24(39)27(26(41)29(43)46-20)47-30-17(11-34)23(38)25(40)28(42)48-30/h5,7,9,16-20,22-30,34,36,38-44H,3-4,6,8,10-13H2,1-2H3. The number of carbonyl (C=O) groups is 2. The van der Waals surface area contributed by atoms with Crippen LogP contribution in [0.3, 0.4) is 0 Å². The maximum absolute atomic E-state index is 13.7. The topological polar surface area (TPSA) is 253 Å². The minimum atomic E-state index is -1.90. The maximum atomic E-state index is 13.7. The largest absolute Gasteiger partial charge is 0.396 e. The molecule has 6 aliphatic rings. The fourth-order valence-electron chi connectivity index (χ4n) is 9.77. The van der Waals surface area contributed by atoms with Crippen molar-refractivity contribution >= 4 is 11.6 Å². The number of allylic oxidation sites excluding steroid dienone is 4. The number of hydrogen-bond acceptors (Lipinski definition) is 15. The Hall–Kier alpha value is -1.70. The van der Waals surface area contributed by atoms with Crippen molar-refractivity contribution in [3.63, 3.8) is 0 Å². The summed E-state index contributed by atoms with van der Waals surface area (Å²) in [5.74, 6) is -2.17. The predicted molar refractivity (Wildman–Crippen MR) is 160 cm³/mol. The van der Waals surface area contributed by atoms with Crippen molar-refractivity contribution in [3.8, 4) is 0 Å². The van der Waals surface area contributed by atoms with E-state index >= 15 is 0 Å². The molecule has 9 N–H and O–H groups in total. The number of hydrogen-bond donors (Lipinski definition) is 9. The van der Waals surface area contributed by atoms with E-state index in [1.807, 2.05) is 19.9 Å². The van der Waals surface area contributed by atoms with Crippen molar-refractivity contribution < 1.29 is 74.5 Å². The fourth-order valence-corrected chi connectivity index (χ4v) is 9.77. The van der Waals surface area contributed by atoms with Crippen LogP contribution in [0.5, 0.6) is 0 Å². The smallest absolute Gasteiger partial charge is 0.190 e. The van der Waals surface area contributed by atoms with Gasteiger partial charge >= 0.3 is 0 Å². The minimum absolute atomic E-state index is 0.0150. The molecular formula is C33H48O15. The Bertz CT molecular complexity index is 1310. The van der Waals surface area contributed by atoms with Crippen molar-refractivity contribution in [2.75, 3.05) is 19.8 Å². The monoisotopic (exact) mass is 684 g/mol. The molecule has 15 heteroatoms. The highest BCUT2D eigenvalue weighted by atomic mass is 16.7. The predicted octanol–water partition coefficient (Wildman–Crippen LogP) is -2.59. The Kier molecular flexibility index (Phi) is 9.87. The van der Waals surface area contributed by atoms with Gasteiger partial charge < -0.3 is 64.9 Å². The SMILES string of the molecule is CC12C=CC(=O)C=C1CCC1C2C(O)CC2(C)C1CCC2(O)C(=O)COCC1OC(O)C(O)C(OC2OC(O)C(O)C(O)C2CO)C1O. The summed E-state index contributed by atoms with van der Waals surface area (Å²) in [4.78, 5) is 25.8. The van der Waals surface area contributed by atoms with E-state index in [0.717, 1.165) is 12.0 Å². The van der Waals surface area contributed by atoms with Gasteiger partial charge in [0.05, 0.1) is 31.3 Å². The van der Waals surface area contributed by atoms with Crippen molar-refractivity contribution in [1.82, 2.24) is 0 Å². The van der Waals surface area contributed by atoms with Gasteiger partial charge in [-0.05, 0) is 56.1 Å². The molecule has 5 fully saturated rings.